The third-order valence-electron chi connectivity index (χ3n) is 7.70. The molecule has 41 heavy (non-hydrogen) atoms. The number of halogens is 1. The fourth-order valence-corrected chi connectivity index (χ4v) is 6.72. The van der Waals surface area contributed by atoms with E-state index in [-0.39, 0.29) is 60.6 Å². The van der Waals surface area contributed by atoms with Crippen LogP contribution in [0.2, 0.25) is 0 Å². The number of hydrogen-bond donors (Lipinski definition) is 1. The molecule has 1 heterocycles. The van der Waals surface area contributed by atoms with Gasteiger partial charge in [-0.25, -0.2) is 12.8 Å². The van der Waals surface area contributed by atoms with Crippen molar-refractivity contribution in [3.8, 4) is 5.75 Å². The SMILES string of the molecule is COc1ccc(S(=O)(=O)N(CCO)CCO[C@@H]2C[C@H](c3ccc(F)cc3)C=C(C(=O)N(C)C3CCCCC3)O2)cc1. The first-order valence-corrected chi connectivity index (χ1v) is 15.4. The third-order valence-corrected chi connectivity index (χ3v) is 9.61. The first kappa shape index (κ1) is 31.0. The van der Waals surface area contributed by atoms with Crippen LogP contribution in [0.3, 0.4) is 0 Å². The first-order valence-electron chi connectivity index (χ1n) is 14.0. The second kappa shape index (κ2) is 14.3. The quantitative estimate of drug-likeness (QED) is 0.398. The number of allylic oxidation sites excluding steroid dienone is 1. The lowest BCUT2D eigenvalue weighted by Crippen LogP contribution is -2.41. The zero-order chi connectivity index (χ0) is 29.4. The molecular weight excluding hydrogens is 551 g/mol. The Labute approximate surface area is 241 Å². The number of aliphatic hydroxyl groups excluding tert-OH is 1. The number of aliphatic hydroxyl groups is 1. The van der Waals surface area contributed by atoms with E-state index in [1.807, 2.05) is 0 Å². The smallest absolute Gasteiger partial charge is 0.288 e. The molecule has 1 amide bonds. The van der Waals surface area contributed by atoms with Gasteiger partial charge in [0.2, 0.25) is 16.3 Å². The molecule has 2 atom stereocenters. The summed E-state index contributed by atoms with van der Waals surface area (Å²) >= 11 is 0. The van der Waals surface area contributed by atoms with E-state index in [1.165, 1.54) is 37.8 Å². The molecule has 0 saturated heterocycles. The van der Waals surface area contributed by atoms with Gasteiger partial charge in [0.15, 0.2) is 5.76 Å². The van der Waals surface area contributed by atoms with E-state index in [9.17, 15) is 22.7 Å². The molecule has 0 spiro atoms. The first-order chi connectivity index (χ1) is 19.7. The van der Waals surface area contributed by atoms with Gasteiger partial charge in [0.1, 0.15) is 11.6 Å². The van der Waals surface area contributed by atoms with Crippen LogP contribution in [-0.4, -0.2) is 81.4 Å². The number of methoxy groups -OCH3 is 1. The van der Waals surface area contributed by atoms with E-state index in [4.69, 9.17) is 14.2 Å². The van der Waals surface area contributed by atoms with Gasteiger partial charge >= 0.3 is 0 Å². The number of ether oxygens (including phenoxy) is 3. The van der Waals surface area contributed by atoms with Crippen LogP contribution < -0.4 is 4.74 Å². The Morgan fingerprint density at radius 1 is 1.05 bits per heavy atom. The van der Waals surface area contributed by atoms with Gasteiger partial charge in [-0.3, -0.25) is 4.79 Å². The second-order valence-electron chi connectivity index (χ2n) is 10.4. The summed E-state index contributed by atoms with van der Waals surface area (Å²) in [4.78, 5) is 15.3. The van der Waals surface area contributed by atoms with Gasteiger partial charge < -0.3 is 24.2 Å². The number of carbonyl (C=O) groups excluding carboxylic acids is 1. The standard InChI is InChI=1S/C30H39FN2O7S/c1-32(25-6-4-3-5-7-25)30(35)28-20-23(22-8-10-24(31)11-9-22)21-29(40-28)39-19-17-33(16-18-34)41(36,37)27-14-12-26(38-2)13-15-27/h8-15,20,23,25,29,34H,3-7,16-19,21H2,1-2H3/t23-,29+/m1/s1. The highest BCUT2D eigenvalue weighted by molar-refractivity contribution is 7.89. The molecule has 4 rings (SSSR count). The molecule has 0 aromatic heterocycles. The maximum atomic E-state index is 13.6. The van der Waals surface area contributed by atoms with E-state index in [2.05, 4.69) is 0 Å². The highest BCUT2D eigenvalue weighted by Gasteiger charge is 2.33. The third kappa shape index (κ3) is 7.85. The Morgan fingerprint density at radius 3 is 2.37 bits per heavy atom. The Bertz CT molecular complexity index is 1280. The number of rotatable bonds is 12. The topological polar surface area (TPSA) is 106 Å². The number of carbonyl (C=O) groups is 1. The molecular formula is C30H39FN2O7S. The normalized spacial score (nSPS) is 19.9. The van der Waals surface area contributed by atoms with E-state index in [0.29, 0.717) is 12.2 Å². The van der Waals surface area contributed by atoms with Crippen molar-refractivity contribution in [2.45, 2.75) is 61.7 Å². The molecule has 2 aromatic carbocycles. The largest absolute Gasteiger partial charge is 0.497 e. The number of sulfonamides is 1. The van der Waals surface area contributed by atoms with Crippen molar-refractivity contribution in [1.29, 1.82) is 0 Å². The monoisotopic (exact) mass is 590 g/mol. The maximum Gasteiger partial charge on any atom is 0.288 e. The van der Waals surface area contributed by atoms with Crippen LogP contribution in [0.1, 0.15) is 50.0 Å². The number of likely N-dealkylation sites (N-methyl/N-ethyl adjacent to an activating group) is 1. The van der Waals surface area contributed by atoms with E-state index in [1.54, 1.807) is 42.3 Å². The van der Waals surface area contributed by atoms with Gasteiger partial charge in [-0.1, -0.05) is 31.4 Å². The van der Waals surface area contributed by atoms with Crippen LogP contribution >= 0.6 is 0 Å². The maximum absolute atomic E-state index is 13.6. The second-order valence-corrected chi connectivity index (χ2v) is 12.3. The van der Waals surface area contributed by atoms with Gasteiger partial charge in [-0.15, -0.1) is 0 Å². The Kier molecular flexibility index (Phi) is 10.8. The molecule has 1 N–H and O–H groups in total. The minimum atomic E-state index is -3.91. The average Bonchev–Trinajstić information content (AvgIpc) is 3.00. The predicted octanol–water partition coefficient (Wildman–Crippen LogP) is 4.04. The van der Waals surface area contributed by atoms with Crippen molar-refractivity contribution in [1.82, 2.24) is 9.21 Å². The number of benzene rings is 2. The van der Waals surface area contributed by atoms with E-state index < -0.39 is 16.3 Å². The van der Waals surface area contributed by atoms with Crippen molar-refractivity contribution in [2.24, 2.45) is 0 Å². The van der Waals surface area contributed by atoms with Gasteiger partial charge in [0.05, 0.1) is 25.2 Å². The predicted molar refractivity (Wildman–Crippen MR) is 151 cm³/mol. The average molecular weight is 591 g/mol. The molecule has 1 saturated carbocycles. The Morgan fingerprint density at radius 2 is 1.73 bits per heavy atom. The molecule has 2 aromatic rings. The lowest BCUT2D eigenvalue weighted by atomic mass is 9.92. The molecule has 1 fully saturated rings. The summed E-state index contributed by atoms with van der Waals surface area (Å²) in [5, 5.41) is 9.54. The lowest BCUT2D eigenvalue weighted by molar-refractivity contribution is -0.153. The molecule has 0 radical (unpaired) electrons. The molecule has 2 aliphatic rings. The van der Waals surface area contributed by atoms with E-state index >= 15 is 0 Å². The zero-order valence-electron chi connectivity index (χ0n) is 23.6. The number of hydrogen-bond acceptors (Lipinski definition) is 7. The highest BCUT2D eigenvalue weighted by Crippen LogP contribution is 2.33. The van der Waals surface area contributed by atoms with Crippen molar-refractivity contribution < 1.29 is 36.9 Å². The van der Waals surface area contributed by atoms with Crippen molar-refractivity contribution in [2.75, 3.05) is 40.5 Å². The fraction of sp³-hybridized carbons (Fsp3) is 0.500. The number of amides is 1. The van der Waals surface area contributed by atoms with Gasteiger partial charge in [0.25, 0.3) is 5.91 Å². The summed E-state index contributed by atoms with van der Waals surface area (Å²) in [6.45, 7) is -0.546. The van der Waals surface area contributed by atoms with Crippen molar-refractivity contribution in [3.63, 3.8) is 0 Å². The van der Waals surface area contributed by atoms with Crippen molar-refractivity contribution >= 4 is 15.9 Å². The van der Waals surface area contributed by atoms with Crippen LogP contribution in [0.4, 0.5) is 4.39 Å². The van der Waals surface area contributed by atoms with Crippen LogP contribution in [0.5, 0.6) is 5.75 Å². The summed E-state index contributed by atoms with van der Waals surface area (Å²) in [6, 6.07) is 12.3. The molecule has 9 nitrogen and oxygen atoms in total. The minimum absolute atomic E-state index is 0.0316. The Balaban J connectivity index is 1.47. The minimum Gasteiger partial charge on any atom is -0.497 e. The van der Waals surface area contributed by atoms with Gasteiger partial charge in [-0.05, 0) is 60.9 Å². The molecule has 1 aliphatic carbocycles. The summed E-state index contributed by atoms with van der Waals surface area (Å²) in [5.41, 5.74) is 0.818. The summed E-state index contributed by atoms with van der Waals surface area (Å²) in [6.07, 6.45) is 6.52. The molecule has 0 bridgehead atoms. The van der Waals surface area contributed by atoms with Crippen LogP contribution in [0.15, 0.2) is 65.3 Å². The zero-order valence-corrected chi connectivity index (χ0v) is 24.4. The molecule has 224 valence electrons. The molecule has 1 aliphatic heterocycles. The van der Waals surface area contributed by atoms with Crippen LogP contribution in [0.25, 0.3) is 0 Å². The Hall–Kier alpha value is -2.99. The molecule has 11 heteroatoms. The summed E-state index contributed by atoms with van der Waals surface area (Å²) in [7, 11) is -0.624. The molecule has 0 unspecified atom stereocenters. The van der Waals surface area contributed by atoms with Gasteiger partial charge in [0, 0.05) is 38.5 Å². The fourth-order valence-electron chi connectivity index (χ4n) is 5.31. The van der Waals surface area contributed by atoms with E-state index in [0.717, 1.165) is 35.6 Å². The number of nitrogens with zero attached hydrogens (tertiary/aromatic N) is 2. The van der Waals surface area contributed by atoms with Crippen molar-refractivity contribution in [3.05, 3.63) is 71.7 Å². The van der Waals surface area contributed by atoms with Crippen LogP contribution in [-0.2, 0) is 24.3 Å². The summed E-state index contributed by atoms with van der Waals surface area (Å²) in [5.74, 6) is -0.153. The summed E-state index contributed by atoms with van der Waals surface area (Å²) < 4.78 is 58.3. The van der Waals surface area contributed by atoms with Crippen LogP contribution in [0, 0.1) is 5.82 Å². The highest BCUT2D eigenvalue weighted by atomic mass is 32.2. The van der Waals surface area contributed by atoms with Gasteiger partial charge in [-0.2, -0.15) is 4.31 Å². The lowest BCUT2D eigenvalue weighted by Gasteiger charge is -2.35.